The predicted octanol–water partition coefficient (Wildman–Crippen LogP) is 4.98. The number of benzene rings is 1. The average molecular weight is 386 g/mol. The Bertz CT molecular complexity index is 740. The van der Waals surface area contributed by atoms with Crippen LogP contribution < -0.4 is 16.0 Å². The Hall–Kier alpha value is -2.24. The van der Waals surface area contributed by atoms with Crippen LogP contribution in [0, 0.1) is 23.7 Å². The molecule has 0 radical (unpaired) electrons. The van der Waals surface area contributed by atoms with Gasteiger partial charge >= 0.3 is 12.1 Å². The molecule has 28 heavy (non-hydrogen) atoms. The zero-order valence-corrected chi connectivity index (χ0v) is 17.0. The van der Waals surface area contributed by atoms with E-state index < -0.39 is 11.7 Å². The molecule has 1 aromatic rings. The van der Waals surface area contributed by atoms with Crippen molar-refractivity contribution in [2.75, 3.05) is 10.6 Å². The third-order valence-corrected chi connectivity index (χ3v) is 6.53. The summed E-state index contributed by atoms with van der Waals surface area (Å²) in [7, 11) is 0. The van der Waals surface area contributed by atoms with Gasteiger partial charge in [-0.3, -0.25) is 5.32 Å². The van der Waals surface area contributed by atoms with Gasteiger partial charge in [0.25, 0.3) is 0 Å². The number of fused-ring (bicyclic) bond motifs is 5. The average Bonchev–Trinajstić information content (AvgIpc) is 3.27. The number of amides is 3. The number of urea groups is 1. The summed E-state index contributed by atoms with van der Waals surface area (Å²) in [4.78, 5) is 24.3. The third-order valence-electron chi connectivity index (χ3n) is 6.53. The molecule has 0 spiro atoms. The fourth-order valence-corrected chi connectivity index (χ4v) is 5.63. The highest BCUT2D eigenvalue weighted by Crippen LogP contribution is 2.58. The lowest BCUT2D eigenvalue weighted by atomic mass is 9.79. The van der Waals surface area contributed by atoms with Gasteiger partial charge in [-0.15, -0.1) is 0 Å². The third kappa shape index (κ3) is 4.10. The topological polar surface area (TPSA) is 79.5 Å². The molecule has 3 aliphatic rings. The minimum absolute atomic E-state index is 0.139. The van der Waals surface area contributed by atoms with Crippen molar-refractivity contribution in [2.24, 2.45) is 23.7 Å². The Labute approximate surface area is 166 Å². The fraction of sp³-hybridized carbons (Fsp3) is 0.636. The summed E-state index contributed by atoms with van der Waals surface area (Å²) in [6.07, 6.45) is 6.05. The van der Waals surface area contributed by atoms with Gasteiger partial charge in [0.15, 0.2) is 0 Å². The molecular formula is C22H31N3O3. The van der Waals surface area contributed by atoms with Gasteiger partial charge in [-0.05, 0) is 94.4 Å². The minimum Gasteiger partial charge on any atom is -0.444 e. The number of anilines is 2. The molecule has 1 aromatic carbocycles. The zero-order valence-electron chi connectivity index (χ0n) is 17.0. The first-order chi connectivity index (χ1) is 13.3. The van der Waals surface area contributed by atoms with E-state index in [2.05, 4.69) is 16.0 Å². The summed E-state index contributed by atoms with van der Waals surface area (Å²) in [5.74, 6) is 3.25. The van der Waals surface area contributed by atoms with Crippen molar-refractivity contribution in [3.8, 4) is 0 Å². The van der Waals surface area contributed by atoms with E-state index in [1.54, 1.807) is 24.3 Å². The molecule has 3 aliphatic carbocycles. The van der Waals surface area contributed by atoms with Crippen LogP contribution in [0.15, 0.2) is 24.3 Å². The first-order valence-electron chi connectivity index (χ1n) is 10.5. The Morgan fingerprint density at radius 3 is 2.25 bits per heavy atom. The smallest absolute Gasteiger partial charge is 0.412 e. The van der Waals surface area contributed by atoms with Crippen LogP contribution in [0.3, 0.4) is 0 Å². The van der Waals surface area contributed by atoms with Gasteiger partial charge in [0, 0.05) is 17.4 Å². The van der Waals surface area contributed by atoms with Crippen LogP contribution in [0.5, 0.6) is 0 Å². The second-order valence-electron chi connectivity index (χ2n) is 9.56. The number of carbonyl (C=O) groups is 2. The van der Waals surface area contributed by atoms with Gasteiger partial charge in [-0.2, -0.15) is 0 Å². The second-order valence-corrected chi connectivity index (χ2v) is 9.56. The lowest BCUT2D eigenvalue weighted by molar-refractivity contribution is 0.0636. The number of hydrogen-bond donors (Lipinski definition) is 3. The van der Waals surface area contributed by atoms with Crippen molar-refractivity contribution in [1.29, 1.82) is 0 Å². The lowest BCUT2D eigenvalue weighted by Gasteiger charge is -2.32. The lowest BCUT2D eigenvalue weighted by Crippen LogP contribution is -2.44. The van der Waals surface area contributed by atoms with E-state index in [0.717, 1.165) is 24.2 Å². The SMILES string of the molecule is CC(C)(C)OC(=O)Nc1ccc(NC(=O)NC2CC3CC2C2CCCC32)cc1. The van der Waals surface area contributed by atoms with Crippen LogP contribution in [0.25, 0.3) is 0 Å². The maximum Gasteiger partial charge on any atom is 0.412 e. The highest BCUT2D eigenvalue weighted by Gasteiger charge is 2.54. The fourth-order valence-electron chi connectivity index (χ4n) is 5.63. The van der Waals surface area contributed by atoms with Gasteiger partial charge in [0.2, 0.25) is 0 Å². The number of ether oxygens (including phenoxy) is 1. The molecule has 0 saturated heterocycles. The first kappa shape index (κ1) is 19.1. The molecule has 3 amide bonds. The van der Waals surface area contributed by atoms with Crippen LogP contribution in [0.4, 0.5) is 21.0 Å². The molecule has 0 aromatic heterocycles. The Balaban J connectivity index is 1.27. The van der Waals surface area contributed by atoms with Crippen LogP contribution in [-0.2, 0) is 4.74 Å². The van der Waals surface area contributed by atoms with Gasteiger partial charge < -0.3 is 15.4 Å². The standard InChI is InChI=1S/C22H31N3O3/c1-22(2,3)28-21(27)24-15-9-7-14(8-10-15)23-20(26)25-19-12-13-11-18(19)17-6-4-5-16(13)17/h7-10,13,16-19H,4-6,11-12H2,1-3H3,(H,24,27)(H2,23,25,26). The van der Waals surface area contributed by atoms with Crippen molar-refractivity contribution in [3.63, 3.8) is 0 Å². The molecule has 4 rings (SSSR count). The molecule has 152 valence electrons. The van der Waals surface area contributed by atoms with Crippen LogP contribution in [-0.4, -0.2) is 23.8 Å². The van der Waals surface area contributed by atoms with Gasteiger partial charge in [-0.25, -0.2) is 9.59 Å². The van der Waals surface area contributed by atoms with E-state index in [0.29, 0.717) is 23.3 Å². The quantitative estimate of drug-likeness (QED) is 0.686. The van der Waals surface area contributed by atoms with E-state index in [-0.39, 0.29) is 6.03 Å². The highest BCUT2D eigenvalue weighted by atomic mass is 16.6. The molecule has 6 nitrogen and oxygen atoms in total. The normalized spacial score (nSPS) is 30.6. The molecule has 0 aliphatic heterocycles. The van der Waals surface area contributed by atoms with Gasteiger partial charge in [0.1, 0.15) is 5.60 Å². The van der Waals surface area contributed by atoms with E-state index in [9.17, 15) is 9.59 Å². The van der Waals surface area contributed by atoms with Crippen molar-refractivity contribution >= 4 is 23.5 Å². The van der Waals surface area contributed by atoms with Crippen molar-refractivity contribution in [2.45, 2.75) is 64.5 Å². The molecule has 6 heteroatoms. The molecular weight excluding hydrogens is 354 g/mol. The number of hydrogen-bond acceptors (Lipinski definition) is 3. The van der Waals surface area contributed by atoms with Crippen LogP contribution >= 0.6 is 0 Å². The zero-order chi connectivity index (χ0) is 19.9. The minimum atomic E-state index is -0.540. The van der Waals surface area contributed by atoms with E-state index >= 15 is 0 Å². The molecule has 2 bridgehead atoms. The van der Waals surface area contributed by atoms with Crippen LogP contribution in [0.2, 0.25) is 0 Å². The van der Waals surface area contributed by atoms with Gasteiger partial charge in [0.05, 0.1) is 0 Å². The monoisotopic (exact) mass is 385 g/mol. The number of carbonyl (C=O) groups excluding carboxylic acids is 2. The Kier molecular flexibility index (Phi) is 4.98. The maximum atomic E-state index is 12.4. The van der Waals surface area contributed by atoms with E-state index in [1.807, 2.05) is 20.8 Å². The predicted molar refractivity (Wildman–Crippen MR) is 109 cm³/mol. The molecule has 3 fully saturated rings. The number of rotatable bonds is 3. The summed E-state index contributed by atoms with van der Waals surface area (Å²) in [6, 6.07) is 7.23. The summed E-state index contributed by atoms with van der Waals surface area (Å²) >= 11 is 0. The van der Waals surface area contributed by atoms with Crippen LogP contribution in [0.1, 0.15) is 52.9 Å². The largest absolute Gasteiger partial charge is 0.444 e. The van der Waals surface area contributed by atoms with Crippen molar-refractivity contribution < 1.29 is 14.3 Å². The van der Waals surface area contributed by atoms with Crippen molar-refractivity contribution in [1.82, 2.24) is 5.32 Å². The first-order valence-corrected chi connectivity index (χ1v) is 10.5. The summed E-state index contributed by atoms with van der Waals surface area (Å²) in [5, 5.41) is 8.80. The number of nitrogens with one attached hydrogen (secondary N) is 3. The summed E-state index contributed by atoms with van der Waals surface area (Å²) in [6.45, 7) is 5.46. The maximum absolute atomic E-state index is 12.4. The Morgan fingerprint density at radius 2 is 1.57 bits per heavy atom. The van der Waals surface area contributed by atoms with Crippen molar-refractivity contribution in [3.05, 3.63) is 24.3 Å². The Morgan fingerprint density at radius 1 is 0.929 bits per heavy atom. The second kappa shape index (κ2) is 7.30. The van der Waals surface area contributed by atoms with Gasteiger partial charge in [-0.1, -0.05) is 6.42 Å². The van der Waals surface area contributed by atoms with E-state index in [4.69, 9.17) is 4.74 Å². The molecule has 3 saturated carbocycles. The molecule has 0 heterocycles. The summed E-state index contributed by atoms with van der Waals surface area (Å²) < 4.78 is 5.23. The molecule has 5 unspecified atom stereocenters. The molecule has 3 N–H and O–H groups in total. The van der Waals surface area contributed by atoms with E-state index in [1.165, 1.54) is 25.7 Å². The highest BCUT2D eigenvalue weighted by molar-refractivity contribution is 5.90. The summed E-state index contributed by atoms with van der Waals surface area (Å²) in [5.41, 5.74) is 0.789. The molecule has 5 atom stereocenters.